The van der Waals surface area contributed by atoms with Gasteiger partial charge in [0.15, 0.2) is 6.61 Å². The predicted molar refractivity (Wildman–Crippen MR) is 111 cm³/mol. The summed E-state index contributed by atoms with van der Waals surface area (Å²) in [4.78, 5) is 12.4. The van der Waals surface area contributed by atoms with Crippen LogP contribution in [0.5, 0.6) is 5.75 Å². The van der Waals surface area contributed by atoms with Crippen LogP contribution in [0.15, 0.2) is 47.4 Å². The molecule has 28 heavy (non-hydrogen) atoms. The highest BCUT2D eigenvalue weighted by Gasteiger charge is 2.19. The zero-order valence-corrected chi connectivity index (χ0v) is 18.1. The summed E-state index contributed by atoms with van der Waals surface area (Å²) in [6, 6.07) is 12.3. The number of nitrogens with zero attached hydrogens (tertiary/aromatic N) is 1. The molecule has 0 aromatic heterocycles. The Bertz CT molecular complexity index is 943. The van der Waals surface area contributed by atoms with Gasteiger partial charge in [0.05, 0.1) is 4.90 Å². The van der Waals surface area contributed by atoms with E-state index in [0.717, 1.165) is 9.87 Å². The fourth-order valence-corrected chi connectivity index (χ4v) is 3.42. The minimum atomic E-state index is -3.57. The van der Waals surface area contributed by atoms with Crippen LogP contribution in [-0.2, 0) is 20.2 Å². The number of anilines is 1. The molecule has 7 heteroatoms. The first-order valence-corrected chi connectivity index (χ1v) is 10.4. The van der Waals surface area contributed by atoms with Crippen molar-refractivity contribution in [1.82, 2.24) is 4.31 Å². The lowest BCUT2D eigenvalue weighted by atomic mass is 9.87. The van der Waals surface area contributed by atoms with Crippen molar-refractivity contribution in [2.75, 3.05) is 26.0 Å². The number of amides is 1. The second kappa shape index (κ2) is 8.32. The number of ether oxygens (including phenoxy) is 1. The molecule has 1 N–H and O–H groups in total. The Labute approximate surface area is 167 Å². The molecule has 0 saturated carbocycles. The van der Waals surface area contributed by atoms with Gasteiger partial charge in [-0.15, -0.1) is 0 Å². The van der Waals surface area contributed by atoms with Crippen molar-refractivity contribution in [3.63, 3.8) is 0 Å². The van der Waals surface area contributed by atoms with Crippen molar-refractivity contribution in [1.29, 1.82) is 0 Å². The minimum absolute atomic E-state index is 0.0470. The number of hydrogen-bond acceptors (Lipinski definition) is 4. The van der Waals surface area contributed by atoms with Crippen LogP contribution >= 0.6 is 0 Å². The number of carbonyl (C=O) groups excluding carboxylic acids is 1. The fourth-order valence-electron chi connectivity index (χ4n) is 2.49. The highest BCUT2D eigenvalue weighted by molar-refractivity contribution is 7.89. The smallest absolute Gasteiger partial charge is 0.262 e. The fraction of sp³-hybridized carbons (Fsp3) is 0.381. The SMILES string of the molecule is Cc1ccc(S(=O)(=O)N(C)C)cc1NC(=O)COc1ccc(C(C)(C)C)cc1. The number of carbonyl (C=O) groups is 1. The number of nitrogens with one attached hydrogen (secondary N) is 1. The molecule has 2 rings (SSSR count). The van der Waals surface area contributed by atoms with Crippen LogP contribution in [0.1, 0.15) is 31.9 Å². The van der Waals surface area contributed by atoms with E-state index in [-0.39, 0.29) is 22.8 Å². The second-order valence-corrected chi connectivity index (χ2v) is 10.0. The lowest BCUT2D eigenvalue weighted by Crippen LogP contribution is -2.23. The molecule has 0 heterocycles. The topological polar surface area (TPSA) is 75.7 Å². The monoisotopic (exact) mass is 404 g/mol. The number of sulfonamides is 1. The van der Waals surface area contributed by atoms with E-state index in [2.05, 4.69) is 26.1 Å². The molecule has 0 aliphatic rings. The van der Waals surface area contributed by atoms with Gasteiger partial charge >= 0.3 is 0 Å². The third-order valence-corrected chi connectivity index (χ3v) is 6.16. The van der Waals surface area contributed by atoms with E-state index in [9.17, 15) is 13.2 Å². The molecular weight excluding hydrogens is 376 g/mol. The lowest BCUT2D eigenvalue weighted by molar-refractivity contribution is -0.118. The molecule has 0 radical (unpaired) electrons. The van der Waals surface area contributed by atoms with E-state index in [1.54, 1.807) is 13.0 Å². The Morgan fingerprint density at radius 2 is 1.68 bits per heavy atom. The molecule has 0 aliphatic carbocycles. The Hall–Kier alpha value is -2.38. The average Bonchev–Trinajstić information content (AvgIpc) is 2.61. The molecular formula is C21H28N2O4S. The quantitative estimate of drug-likeness (QED) is 0.799. The summed E-state index contributed by atoms with van der Waals surface area (Å²) in [5.74, 6) is 0.242. The summed E-state index contributed by atoms with van der Waals surface area (Å²) in [6.07, 6.45) is 0. The number of hydrogen-bond donors (Lipinski definition) is 1. The third-order valence-electron chi connectivity index (χ3n) is 4.35. The van der Waals surface area contributed by atoms with E-state index >= 15 is 0 Å². The molecule has 0 spiro atoms. The van der Waals surface area contributed by atoms with Crippen LogP contribution in [0.3, 0.4) is 0 Å². The van der Waals surface area contributed by atoms with E-state index < -0.39 is 10.0 Å². The summed E-state index contributed by atoms with van der Waals surface area (Å²) in [5.41, 5.74) is 2.43. The largest absolute Gasteiger partial charge is 0.484 e. The average molecular weight is 405 g/mol. The number of aryl methyl sites for hydroxylation is 1. The first-order valence-electron chi connectivity index (χ1n) is 8.97. The van der Waals surface area contributed by atoms with Crippen molar-refractivity contribution >= 4 is 21.6 Å². The zero-order valence-electron chi connectivity index (χ0n) is 17.2. The Balaban J connectivity index is 2.05. The van der Waals surface area contributed by atoms with Crippen LogP contribution in [0.25, 0.3) is 0 Å². The maximum absolute atomic E-state index is 12.3. The molecule has 1 amide bonds. The molecule has 152 valence electrons. The van der Waals surface area contributed by atoms with E-state index in [4.69, 9.17) is 4.74 Å². The van der Waals surface area contributed by atoms with Crippen molar-refractivity contribution in [3.8, 4) is 5.75 Å². The Morgan fingerprint density at radius 3 is 2.21 bits per heavy atom. The van der Waals surface area contributed by atoms with Crippen molar-refractivity contribution in [2.45, 2.75) is 38.0 Å². The van der Waals surface area contributed by atoms with Gasteiger partial charge in [0.2, 0.25) is 10.0 Å². The molecule has 2 aromatic rings. The van der Waals surface area contributed by atoms with Gasteiger partial charge < -0.3 is 10.1 Å². The zero-order chi connectivity index (χ0) is 21.1. The van der Waals surface area contributed by atoms with Gasteiger partial charge in [-0.2, -0.15) is 0 Å². The van der Waals surface area contributed by atoms with Crippen LogP contribution in [-0.4, -0.2) is 39.3 Å². The van der Waals surface area contributed by atoms with Gasteiger partial charge in [0.25, 0.3) is 5.91 Å². The van der Waals surface area contributed by atoms with Gasteiger partial charge in [0.1, 0.15) is 5.75 Å². The van der Waals surface area contributed by atoms with Crippen LogP contribution in [0.4, 0.5) is 5.69 Å². The Kier molecular flexibility index (Phi) is 6.52. The first-order chi connectivity index (χ1) is 12.9. The predicted octanol–water partition coefficient (Wildman–Crippen LogP) is 3.56. The van der Waals surface area contributed by atoms with Crippen molar-refractivity contribution < 1.29 is 17.9 Å². The maximum atomic E-state index is 12.3. The van der Waals surface area contributed by atoms with Crippen LogP contribution < -0.4 is 10.1 Å². The molecule has 0 unspecified atom stereocenters. The van der Waals surface area contributed by atoms with Crippen molar-refractivity contribution in [2.24, 2.45) is 0 Å². The minimum Gasteiger partial charge on any atom is -0.484 e. The molecule has 2 aromatic carbocycles. The van der Waals surface area contributed by atoms with Gasteiger partial charge in [-0.1, -0.05) is 39.0 Å². The summed E-state index contributed by atoms with van der Waals surface area (Å²) in [5, 5.41) is 2.72. The van der Waals surface area contributed by atoms with Gasteiger partial charge in [-0.05, 0) is 47.7 Å². The molecule has 0 saturated heterocycles. The standard InChI is InChI=1S/C21H28N2O4S/c1-15-7-12-18(28(25,26)23(5)6)13-19(15)22-20(24)14-27-17-10-8-16(9-11-17)21(2,3)4/h7-13H,14H2,1-6H3,(H,22,24). The van der Waals surface area contributed by atoms with Crippen LogP contribution in [0.2, 0.25) is 0 Å². The van der Waals surface area contributed by atoms with E-state index in [1.165, 1.54) is 31.8 Å². The highest BCUT2D eigenvalue weighted by Crippen LogP contribution is 2.25. The summed E-state index contributed by atoms with van der Waals surface area (Å²) in [7, 11) is -0.644. The maximum Gasteiger partial charge on any atom is 0.262 e. The summed E-state index contributed by atoms with van der Waals surface area (Å²) < 4.78 is 31.2. The highest BCUT2D eigenvalue weighted by atomic mass is 32.2. The molecule has 0 atom stereocenters. The molecule has 0 fully saturated rings. The summed E-state index contributed by atoms with van der Waals surface area (Å²) in [6.45, 7) is 8.02. The van der Waals surface area contributed by atoms with E-state index in [0.29, 0.717) is 11.4 Å². The lowest BCUT2D eigenvalue weighted by Gasteiger charge is -2.19. The van der Waals surface area contributed by atoms with Gasteiger partial charge in [-0.25, -0.2) is 12.7 Å². The molecule has 6 nitrogen and oxygen atoms in total. The van der Waals surface area contributed by atoms with Crippen molar-refractivity contribution in [3.05, 3.63) is 53.6 Å². The molecule has 0 bridgehead atoms. The first kappa shape index (κ1) is 21.9. The van der Waals surface area contributed by atoms with Gasteiger partial charge in [0, 0.05) is 19.8 Å². The Morgan fingerprint density at radius 1 is 1.07 bits per heavy atom. The van der Waals surface area contributed by atoms with Crippen LogP contribution in [0, 0.1) is 6.92 Å². The van der Waals surface area contributed by atoms with E-state index in [1.807, 2.05) is 24.3 Å². The number of benzene rings is 2. The molecule has 0 aliphatic heterocycles. The second-order valence-electron chi connectivity index (χ2n) is 7.88. The number of rotatable bonds is 6. The van der Waals surface area contributed by atoms with Gasteiger partial charge in [-0.3, -0.25) is 4.79 Å². The normalized spacial score (nSPS) is 12.1. The summed E-state index contributed by atoms with van der Waals surface area (Å²) >= 11 is 0. The third kappa shape index (κ3) is 5.33.